The maximum Gasteiger partial charge on any atom is 0.416 e. The van der Waals surface area contributed by atoms with Crippen molar-refractivity contribution in [1.82, 2.24) is 5.32 Å². The first kappa shape index (κ1) is 18.0. The van der Waals surface area contributed by atoms with Crippen LogP contribution in [-0.4, -0.2) is 13.1 Å². The summed E-state index contributed by atoms with van der Waals surface area (Å²) in [6, 6.07) is 5.66. The van der Waals surface area contributed by atoms with Crippen molar-refractivity contribution < 1.29 is 13.2 Å². The Balaban J connectivity index is 2.58. The normalized spacial score (nSPS) is 13.0. The summed E-state index contributed by atoms with van der Waals surface area (Å²) < 4.78 is 38.1. The number of hydrogen-bond donors (Lipinski definition) is 1. The average Bonchev–Trinajstić information content (AvgIpc) is 2.33. The molecular formula is C17H26F3N. The van der Waals surface area contributed by atoms with E-state index in [-0.39, 0.29) is 5.41 Å². The molecule has 0 aliphatic heterocycles. The summed E-state index contributed by atoms with van der Waals surface area (Å²) in [4.78, 5) is 0. The Kier molecular flexibility index (Phi) is 6.26. The number of alkyl halides is 3. The van der Waals surface area contributed by atoms with Crippen molar-refractivity contribution in [3.8, 4) is 0 Å². The molecule has 0 spiro atoms. The fourth-order valence-corrected chi connectivity index (χ4v) is 2.32. The molecule has 0 saturated heterocycles. The van der Waals surface area contributed by atoms with Gasteiger partial charge in [0.2, 0.25) is 0 Å². The lowest BCUT2D eigenvalue weighted by Gasteiger charge is -2.25. The molecule has 0 amide bonds. The second kappa shape index (κ2) is 7.30. The zero-order valence-electron chi connectivity index (χ0n) is 13.3. The number of rotatable bonds is 7. The summed E-state index contributed by atoms with van der Waals surface area (Å²) in [5.41, 5.74) is 0.168. The Hall–Kier alpha value is -1.03. The molecule has 0 aliphatic carbocycles. The van der Waals surface area contributed by atoms with Crippen LogP contribution in [0.5, 0.6) is 0 Å². The predicted molar refractivity (Wildman–Crippen MR) is 81.3 cm³/mol. The Morgan fingerprint density at radius 3 is 2.38 bits per heavy atom. The number of halogens is 3. The van der Waals surface area contributed by atoms with Crippen LogP contribution in [0.2, 0.25) is 0 Å². The van der Waals surface area contributed by atoms with Crippen molar-refractivity contribution >= 4 is 0 Å². The van der Waals surface area contributed by atoms with Crippen LogP contribution in [0.25, 0.3) is 0 Å². The molecule has 1 aromatic carbocycles. The van der Waals surface area contributed by atoms with E-state index in [1.807, 2.05) is 0 Å². The molecule has 0 heterocycles. The highest BCUT2D eigenvalue weighted by molar-refractivity contribution is 5.26. The Morgan fingerprint density at radius 2 is 1.81 bits per heavy atom. The van der Waals surface area contributed by atoms with Gasteiger partial charge < -0.3 is 5.32 Å². The maximum absolute atomic E-state index is 12.7. The number of benzene rings is 1. The fraction of sp³-hybridized carbons (Fsp3) is 0.647. The molecule has 0 saturated carbocycles. The Bertz CT molecular complexity index is 436. The van der Waals surface area contributed by atoms with Crippen molar-refractivity contribution in [2.24, 2.45) is 11.3 Å². The van der Waals surface area contributed by atoms with E-state index in [0.717, 1.165) is 31.1 Å². The molecule has 0 atom stereocenters. The van der Waals surface area contributed by atoms with Gasteiger partial charge in [0.15, 0.2) is 0 Å². The molecule has 0 unspecified atom stereocenters. The SMILES string of the molecule is CC(C)CNCCC(C)(C)Cc1cccc(C(F)(F)F)c1. The highest BCUT2D eigenvalue weighted by atomic mass is 19.4. The van der Waals surface area contributed by atoms with Gasteiger partial charge in [-0.15, -0.1) is 0 Å². The standard InChI is InChI=1S/C17H26F3N/c1-13(2)12-21-9-8-16(3,4)11-14-6-5-7-15(10-14)17(18,19)20/h5-7,10,13,21H,8-9,11-12H2,1-4H3. The van der Waals surface area contributed by atoms with Crippen molar-refractivity contribution in [3.63, 3.8) is 0 Å². The van der Waals surface area contributed by atoms with Gasteiger partial charge in [-0.05, 0) is 48.9 Å². The van der Waals surface area contributed by atoms with Crippen molar-refractivity contribution in [3.05, 3.63) is 35.4 Å². The molecule has 120 valence electrons. The molecule has 0 bridgehead atoms. The van der Waals surface area contributed by atoms with Gasteiger partial charge in [0, 0.05) is 0 Å². The van der Waals surface area contributed by atoms with Crippen LogP contribution in [0.15, 0.2) is 24.3 Å². The predicted octanol–water partition coefficient (Wildman–Crippen LogP) is 4.91. The molecular weight excluding hydrogens is 275 g/mol. The van der Waals surface area contributed by atoms with Crippen LogP contribution in [0.4, 0.5) is 13.2 Å². The molecule has 1 aromatic rings. The summed E-state index contributed by atoms with van der Waals surface area (Å²) in [7, 11) is 0. The monoisotopic (exact) mass is 301 g/mol. The summed E-state index contributed by atoms with van der Waals surface area (Å²) >= 11 is 0. The quantitative estimate of drug-likeness (QED) is 0.706. The highest BCUT2D eigenvalue weighted by Gasteiger charge is 2.30. The van der Waals surface area contributed by atoms with Gasteiger partial charge >= 0.3 is 6.18 Å². The molecule has 21 heavy (non-hydrogen) atoms. The highest BCUT2D eigenvalue weighted by Crippen LogP contribution is 2.32. The second-order valence-corrected chi connectivity index (χ2v) is 6.89. The molecule has 0 radical (unpaired) electrons. The number of hydrogen-bond acceptors (Lipinski definition) is 1. The average molecular weight is 301 g/mol. The van der Waals surface area contributed by atoms with E-state index in [4.69, 9.17) is 0 Å². The van der Waals surface area contributed by atoms with E-state index in [0.29, 0.717) is 12.3 Å². The van der Waals surface area contributed by atoms with Gasteiger partial charge in [0.05, 0.1) is 5.56 Å². The minimum atomic E-state index is -4.26. The largest absolute Gasteiger partial charge is 0.416 e. The van der Waals surface area contributed by atoms with E-state index >= 15 is 0 Å². The lowest BCUT2D eigenvalue weighted by molar-refractivity contribution is -0.137. The van der Waals surface area contributed by atoms with Crippen molar-refractivity contribution in [1.29, 1.82) is 0 Å². The van der Waals surface area contributed by atoms with Gasteiger partial charge in [0.1, 0.15) is 0 Å². The minimum absolute atomic E-state index is 0.0196. The van der Waals surface area contributed by atoms with Crippen LogP contribution < -0.4 is 5.32 Å². The third-order valence-electron chi connectivity index (χ3n) is 3.47. The third-order valence-corrected chi connectivity index (χ3v) is 3.47. The van der Waals surface area contributed by atoms with Gasteiger partial charge in [-0.3, -0.25) is 0 Å². The van der Waals surface area contributed by atoms with Crippen molar-refractivity contribution in [2.75, 3.05) is 13.1 Å². The zero-order valence-corrected chi connectivity index (χ0v) is 13.3. The molecule has 1 rings (SSSR count). The molecule has 1 N–H and O–H groups in total. The Morgan fingerprint density at radius 1 is 1.14 bits per heavy atom. The molecule has 4 heteroatoms. The minimum Gasteiger partial charge on any atom is -0.316 e. The van der Waals surface area contributed by atoms with Crippen molar-refractivity contribution in [2.45, 2.75) is 46.7 Å². The van der Waals surface area contributed by atoms with E-state index in [9.17, 15) is 13.2 Å². The van der Waals surface area contributed by atoms with E-state index < -0.39 is 11.7 Å². The summed E-state index contributed by atoms with van der Waals surface area (Å²) in [6.07, 6.45) is -2.67. The molecule has 0 fully saturated rings. The van der Waals surface area contributed by atoms with E-state index in [2.05, 4.69) is 33.0 Å². The fourth-order valence-electron chi connectivity index (χ4n) is 2.32. The summed E-state index contributed by atoms with van der Waals surface area (Å²) in [5, 5.41) is 3.38. The Labute approximate surface area is 125 Å². The van der Waals surface area contributed by atoms with Crippen LogP contribution in [-0.2, 0) is 12.6 Å². The summed E-state index contributed by atoms with van der Waals surface area (Å²) in [5.74, 6) is 0.608. The van der Waals surface area contributed by atoms with Gasteiger partial charge in [0.25, 0.3) is 0 Å². The maximum atomic E-state index is 12.7. The second-order valence-electron chi connectivity index (χ2n) is 6.89. The lowest BCUT2D eigenvalue weighted by atomic mass is 9.82. The zero-order chi connectivity index (χ0) is 16.1. The molecule has 1 nitrogen and oxygen atoms in total. The lowest BCUT2D eigenvalue weighted by Crippen LogP contribution is -2.26. The van der Waals surface area contributed by atoms with Crippen LogP contribution >= 0.6 is 0 Å². The first-order valence-corrected chi connectivity index (χ1v) is 7.47. The summed E-state index contributed by atoms with van der Waals surface area (Å²) in [6.45, 7) is 10.4. The van der Waals surface area contributed by atoms with Crippen LogP contribution in [0, 0.1) is 11.3 Å². The first-order chi connectivity index (χ1) is 9.60. The number of nitrogens with one attached hydrogen (secondary N) is 1. The van der Waals surface area contributed by atoms with Gasteiger partial charge in [-0.1, -0.05) is 45.9 Å². The third kappa shape index (κ3) is 6.98. The van der Waals surface area contributed by atoms with E-state index in [1.54, 1.807) is 6.07 Å². The van der Waals surface area contributed by atoms with Crippen LogP contribution in [0.3, 0.4) is 0 Å². The van der Waals surface area contributed by atoms with Gasteiger partial charge in [-0.2, -0.15) is 13.2 Å². The molecule has 0 aromatic heterocycles. The smallest absolute Gasteiger partial charge is 0.316 e. The topological polar surface area (TPSA) is 12.0 Å². The van der Waals surface area contributed by atoms with Gasteiger partial charge in [-0.25, -0.2) is 0 Å². The van der Waals surface area contributed by atoms with Crippen LogP contribution in [0.1, 0.15) is 45.2 Å². The van der Waals surface area contributed by atoms with E-state index in [1.165, 1.54) is 12.1 Å². The molecule has 0 aliphatic rings. The first-order valence-electron chi connectivity index (χ1n) is 7.47.